The zero-order chi connectivity index (χ0) is 32.2. The van der Waals surface area contributed by atoms with Gasteiger partial charge in [0.15, 0.2) is 5.54 Å². The number of hydrogen-bond acceptors (Lipinski definition) is 8. The van der Waals surface area contributed by atoms with Crippen LogP contribution in [0.3, 0.4) is 0 Å². The number of anilines is 1. The fraction of sp³-hybridized carbons (Fsp3) is 0.394. The van der Waals surface area contributed by atoms with Crippen LogP contribution in [0.15, 0.2) is 41.4 Å². The van der Waals surface area contributed by atoms with Gasteiger partial charge in [-0.2, -0.15) is 4.98 Å². The van der Waals surface area contributed by atoms with Crippen molar-refractivity contribution >= 4 is 23.3 Å². The Balaban J connectivity index is 2.25. The van der Waals surface area contributed by atoms with Gasteiger partial charge in [-0.15, -0.1) is 0 Å². The first-order valence-electron chi connectivity index (χ1n) is 14.0. The van der Waals surface area contributed by atoms with E-state index in [0.717, 1.165) is 33.8 Å². The van der Waals surface area contributed by atoms with Crippen LogP contribution < -0.4 is 20.1 Å². The Morgan fingerprint density at radius 1 is 0.977 bits per heavy atom. The summed E-state index contributed by atoms with van der Waals surface area (Å²) in [6, 6.07) is 11.2. The number of ether oxygens (including phenoxy) is 3. The van der Waals surface area contributed by atoms with Gasteiger partial charge in [0.05, 0.1) is 25.2 Å². The summed E-state index contributed by atoms with van der Waals surface area (Å²) in [5.74, 6) is 2.23. The highest BCUT2D eigenvalue weighted by Crippen LogP contribution is 2.42. The highest BCUT2D eigenvalue weighted by atomic mass is 16.5. The minimum Gasteiger partial charge on any atom is -0.467 e. The van der Waals surface area contributed by atoms with Gasteiger partial charge in [0.1, 0.15) is 17.3 Å². The maximum atomic E-state index is 13.4. The quantitative estimate of drug-likeness (QED) is 0.172. The van der Waals surface area contributed by atoms with Crippen molar-refractivity contribution in [1.29, 1.82) is 5.41 Å². The summed E-state index contributed by atoms with van der Waals surface area (Å²) in [5, 5.41) is 7.77. The minimum atomic E-state index is -1.13. The molecule has 0 saturated carbocycles. The molecule has 10 nitrogen and oxygen atoms in total. The van der Waals surface area contributed by atoms with E-state index in [1.54, 1.807) is 25.2 Å². The number of nitrogens with zero attached hydrogens (tertiary/aromatic N) is 4. The summed E-state index contributed by atoms with van der Waals surface area (Å²) in [6.07, 6.45) is 0. The summed E-state index contributed by atoms with van der Waals surface area (Å²) in [4.78, 5) is 26.4. The standard InChI is InChI=1S/C33H44N6O4/c1-19-12-14-26(20(2)16-19)42-30-22(4)28(39(10)33(7,32(40)41-11)18-38(9)24(6)36-8)23(5)31(37-30)43-27-15-13-25(29(34)35)17-21(27)3/h12-17H,18H2,1-11H3,(H3,34,35). The van der Waals surface area contributed by atoms with Crippen LogP contribution in [0.25, 0.3) is 0 Å². The first-order chi connectivity index (χ1) is 20.1. The number of carbonyl (C=O) groups excluding carboxylic acids is 1. The molecule has 0 bridgehead atoms. The smallest absolute Gasteiger partial charge is 0.333 e. The molecule has 1 unspecified atom stereocenters. The van der Waals surface area contributed by atoms with E-state index < -0.39 is 11.5 Å². The van der Waals surface area contributed by atoms with E-state index in [2.05, 4.69) is 4.99 Å². The van der Waals surface area contributed by atoms with Crippen LogP contribution in [0.2, 0.25) is 0 Å². The second-order valence-corrected chi connectivity index (χ2v) is 11.1. The zero-order valence-electron chi connectivity index (χ0n) is 27.2. The second-order valence-electron chi connectivity index (χ2n) is 11.1. The van der Waals surface area contributed by atoms with Crippen molar-refractivity contribution in [2.24, 2.45) is 10.7 Å². The van der Waals surface area contributed by atoms with E-state index in [0.29, 0.717) is 40.9 Å². The van der Waals surface area contributed by atoms with Crippen LogP contribution in [0.5, 0.6) is 23.3 Å². The number of methoxy groups -OCH3 is 1. The van der Waals surface area contributed by atoms with Gasteiger partial charge in [-0.25, -0.2) is 4.79 Å². The highest BCUT2D eigenvalue weighted by Gasteiger charge is 2.42. The summed E-state index contributed by atoms with van der Waals surface area (Å²) < 4.78 is 18.2. The van der Waals surface area contributed by atoms with E-state index in [9.17, 15) is 4.79 Å². The number of carbonyl (C=O) groups is 1. The molecule has 0 fully saturated rings. The number of nitrogen functional groups attached to an aromatic ring is 1. The molecule has 3 aromatic rings. The number of likely N-dealkylation sites (N-methyl/N-ethyl adjacent to an activating group) is 2. The number of hydrogen-bond donors (Lipinski definition) is 2. The molecule has 2 aromatic carbocycles. The molecule has 0 aliphatic heterocycles. The summed E-state index contributed by atoms with van der Waals surface area (Å²) in [5.41, 5.74) is 10.2. The predicted molar refractivity (Wildman–Crippen MR) is 172 cm³/mol. The maximum Gasteiger partial charge on any atom is 0.333 e. The molecule has 0 spiro atoms. The molecule has 10 heteroatoms. The van der Waals surface area contributed by atoms with Crippen molar-refractivity contribution < 1.29 is 19.0 Å². The van der Waals surface area contributed by atoms with Crippen molar-refractivity contribution in [1.82, 2.24) is 9.88 Å². The van der Waals surface area contributed by atoms with Crippen molar-refractivity contribution in [3.63, 3.8) is 0 Å². The van der Waals surface area contributed by atoms with E-state index in [-0.39, 0.29) is 5.84 Å². The number of nitrogens with two attached hydrogens (primary N) is 1. The number of benzene rings is 2. The number of pyridine rings is 1. The van der Waals surface area contributed by atoms with Crippen molar-refractivity contribution in [2.45, 2.75) is 54.0 Å². The molecule has 0 amide bonds. The van der Waals surface area contributed by atoms with Gasteiger partial charge >= 0.3 is 5.97 Å². The molecule has 0 aliphatic carbocycles. The molecule has 3 N–H and O–H groups in total. The van der Waals surface area contributed by atoms with Crippen molar-refractivity contribution in [3.8, 4) is 23.3 Å². The molecular weight excluding hydrogens is 544 g/mol. The van der Waals surface area contributed by atoms with Crippen LogP contribution in [0.4, 0.5) is 5.69 Å². The van der Waals surface area contributed by atoms with Gasteiger partial charge < -0.3 is 29.7 Å². The molecule has 1 atom stereocenters. The molecule has 0 aliphatic rings. The lowest BCUT2D eigenvalue weighted by molar-refractivity contribution is -0.146. The molecule has 1 heterocycles. The summed E-state index contributed by atoms with van der Waals surface area (Å²) >= 11 is 0. The Morgan fingerprint density at radius 2 is 1.51 bits per heavy atom. The van der Waals surface area contributed by atoms with Crippen LogP contribution in [-0.2, 0) is 9.53 Å². The molecule has 0 saturated heterocycles. The molecule has 43 heavy (non-hydrogen) atoms. The Hall–Kier alpha value is -4.60. The SMILES string of the molecule is CN=C(C)N(C)CC(C)(C(=O)OC)N(C)c1c(C)c(Oc2ccc(C)cc2C)nc(Oc2ccc(C(=N)N)cc2C)c1C. The van der Waals surface area contributed by atoms with Gasteiger partial charge in [-0.05, 0) is 83.9 Å². The molecule has 1 aromatic heterocycles. The first-order valence-corrected chi connectivity index (χ1v) is 14.0. The summed E-state index contributed by atoms with van der Waals surface area (Å²) in [7, 11) is 6.85. The maximum absolute atomic E-state index is 13.4. The normalized spacial score (nSPS) is 12.8. The summed E-state index contributed by atoms with van der Waals surface area (Å²) in [6.45, 7) is 13.7. The van der Waals surface area contributed by atoms with Gasteiger partial charge in [-0.1, -0.05) is 17.7 Å². The second kappa shape index (κ2) is 13.1. The minimum absolute atomic E-state index is 0.0252. The fourth-order valence-electron chi connectivity index (χ4n) is 5.02. The third kappa shape index (κ3) is 6.90. The lowest BCUT2D eigenvalue weighted by atomic mass is 9.96. The van der Waals surface area contributed by atoms with Crippen molar-refractivity contribution in [2.75, 3.05) is 39.7 Å². The van der Waals surface area contributed by atoms with Gasteiger partial charge in [0, 0.05) is 37.8 Å². The third-order valence-electron chi connectivity index (χ3n) is 7.91. The van der Waals surface area contributed by atoms with Crippen LogP contribution in [0, 0.1) is 40.0 Å². The Labute approximate surface area is 255 Å². The lowest BCUT2D eigenvalue weighted by Crippen LogP contribution is -2.58. The van der Waals surface area contributed by atoms with E-state index in [1.165, 1.54) is 7.11 Å². The van der Waals surface area contributed by atoms with E-state index in [4.69, 9.17) is 30.3 Å². The van der Waals surface area contributed by atoms with Gasteiger partial charge in [-0.3, -0.25) is 10.4 Å². The lowest BCUT2D eigenvalue weighted by Gasteiger charge is -2.42. The number of nitrogens with one attached hydrogen (secondary N) is 1. The molecule has 0 radical (unpaired) electrons. The fourth-order valence-corrected chi connectivity index (χ4v) is 5.02. The monoisotopic (exact) mass is 588 g/mol. The topological polar surface area (TPSA) is 126 Å². The van der Waals surface area contributed by atoms with E-state index >= 15 is 0 Å². The average Bonchev–Trinajstić information content (AvgIpc) is 2.96. The number of aromatic nitrogens is 1. The van der Waals surface area contributed by atoms with E-state index in [1.807, 2.05) is 90.6 Å². The average molecular weight is 589 g/mol. The Morgan fingerprint density at radius 3 is 1.98 bits per heavy atom. The largest absolute Gasteiger partial charge is 0.467 e. The van der Waals surface area contributed by atoms with Gasteiger partial charge in [0.2, 0.25) is 11.8 Å². The third-order valence-corrected chi connectivity index (χ3v) is 7.91. The van der Waals surface area contributed by atoms with Crippen LogP contribution in [0.1, 0.15) is 47.2 Å². The zero-order valence-corrected chi connectivity index (χ0v) is 27.2. The molecule has 230 valence electrons. The van der Waals surface area contributed by atoms with Crippen LogP contribution >= 0.6 is 0 Å². The first kappa shape index (κ1) is 32.9. The molecular formula is C33H44N6O4. The Kier molecular flexibility index (Phi) is 10.1. The number of amidine groups is 2. The number of esters is 1. The predicted octanol–water partition coefficient (Wildman–Crippen LogP) is 5.84. The molecule has 3 rings (SSSR count). The number of rotatable bonds is 10. The van der Waals surface area contributed by atoms with Crippen molar-refractivity contribution in [3.05, 3.63) is 69.8 Å². The van der Waals surface area contributed by atoms with Gasteiger partial charge in [0.25, 0.3) is 0 Å². The number of aryl methyl sites for hydroxylation is 3. The highest BCUT2D eigenvalue weighted by molar-refractivity contribution is 5.95. The number of aliphatic imine (C=N–C) groups is 1. The van der Waals surface area contributed by atoms with Crippen LogP contribution in [-0.4, -0.2) is 67.9 Å². The Bertz CT molecular complexity index is 1570.